The van der Waals surface area contributed by atoms with Crippen LogP contribution in [0.5, 0.6) is 0 Å². The lowest BCUT2D eigenvalue weighted by molar-refractivity contribution is 0.225. The van der Waals surface area contributed by atoms with Crippen LogP contribution in [0.25, 0.3) is 0 Å². The van der Waals surface area contributed by atoms with Crippen LogP contribution in [0.1, 0.15) is 25.7 Å². The van der Waals surface area contributed by atoms with Crippen molar-refractivity contribution in [1.29, 1.82) is 0 Å². The van der Waals surface area contributed by atoms with Crippen molar-refractivity contribution in [3.05, 3.63) is 0 Å². The zero-order chi connectivity index (χ0) is 9.31. The smallest absolute Gasteiger partial charge is 0.0282 e. The zero-order valence-corrected chi connectivity index (χ0v) is 8.55. The molecule has 2 rings (SSSR count). The molecule has 1 unspecified atom stereocenters. The number of nitrogens with two attached hydrogens (primary N) is 1. The highest BCUT2D eigenvalue weighted by molar-refractivity contribution is 5.01. The lowest BCUT2D eigenvalue weighted by Crippen LogP contribution is -2.48. The van der Waals surface area contributed by atoms with Gasteiger partial charge in [0.2, 0.25) is 0 Å². The summed E-state index contributed by atoms with van der Waals surface area (Å²) in [7, 11) is 2.20. The molecule has 1 aliphatic heterocycles. The number of piperidine rings is 1. The number of nitrogens with one attached hydrogen (secondary N) is 1. The summed E-state index contributed by atoms with van der Waals surface area (Å²) in [6, 6.07) is 0.680. The second kappa shape index (κ2) is 3.56. The summed E-state index contributed by atoms with van der Waals surface area (Å²) < 4.78 is 0. The van der Waals surface area contributed by atoms with Crippen molar-refractivity contribution < 1.29 is 0 Å². The molecule has 0 bridgehead atoms. The summed E-state index contributed by atoms with van der Waals surface area (Å²) in [6.07, 6.45) is 5.07. The summed E-state index contributed by atoms with van der Waals surface area (Å²) in [6.45, 7) is 3.47. The topological polar surface area (TPSA) is 41.3 Å². The molecule has 0 radical (unpaired) electrons. The molecule has 0 aromatic rings. The Hall–Kier alpha value is -0.120. The fourth-order valence-corrected chi connectivity index (χ4v) is 2.02. The molecular weight excluding hydrogens is 162 g/mol. The van der Waals surface area contributed by atoms with Crippen LogP contribution in [0.15, 0.2) is 0 Å². The van der Waals surface area contributed by atoms with E-state index in [0.29, 0.717) is 6.04 Å². The van der Waals surface area contributed by atoms with Crippen molar-refractivity contribution in [1.82, 2.24) is 10.2 Å². The molecule has 0 aromatic carbocycles. The summed E-state index contributed by atoms with van der Waals surface area (Å²) in [5.74, 6) is 0. The Kier molecular flexibility index (Phi) is 2.58. The van der Waals surface area contributed by atoms with Gasteiger partial charge in [-0.3, -0.25) is 0 Å². The summed E-state index contributed by atoms with van der Waals surface area (Å²) in [4.78, 5) is 2.40. The fourth-order valence-electron chi connectivity index (χ4n) is 2.02. The Morgan fingerprint density at radius 3 is 2.92 bits per heavy atom. The van der Waals surface area contributed by atoms with Gasteiger partial charge in [-0.1, -0.05) is 0 Å². The van der Waals surface area contributed by atoms with Gasteiger partial charge in [0, 0.05) is 24.7 Å². The largest absolute Gasteiger partial charge is 0.324 e. The summed E-state index contributed by atoms with van der Waals surface area (Å²) >= 11 is 0. The third-order valence-corrected chi connectivity index (χ3v) is 3.26. The minimum Gasteiger partial charge on any atom is -0.324 e. The predicted octanol–water partition coefficient (Wildman–Crippen LogP) is 0.162. The Balaban J connectivity index is 1.68. The molecule has 1 atom stereocenters. The van der Waals surface area contributed by atoms with Crippen molar-refractivity contribution in [2.24, 2.45) is 5.73 Å². The maximum Gasteiger partial charge on any atom is 0.0282 e. The molecule has 76 valence electrons. The highest BCUT2D eigenvalue weighted by Gasteiger charge is 2.38. The first-order chi connectivity index (χ1) is 6.18. The van der Waals surface area contributed by atoms with Crippen LogP contribution in [0.2, 0.25) is 0 Å². The van der Waals surface area contributed by atoms with E-state index in [9.17, 15) is 0 Å². The Bertz CT molecular complexity index is 177. The molecule has 1 heterocycles. The van der Waals surface area contributed by atoms with Crippen molar-refractivity contribution >= 4 is 0 Å². The lowest BCUT2D eigenvalue weighted by atomic mass is 10.1. The fraction of sp³-hybridized carbons (Fsp3) is 1.00. The van der Waals surface area contributed by atoms with Crippen molar-refractivity contribution in [2.75, 3.05) is 26.7 Å². The van der Waals surface area contributed by atoms with Crippen LogP contribution in [0.4, 0.5) is 0 Å². The van der Waals surface area contributed by atoms with E-state index >= 15 is 0 Å². The SMILES string of the molecule is CN1CCCC(NCC2(N)CC2)C1. The molecule has 0 amide bonds. The maximum atomic E-state index is 6.02. The van der Waals surface area contributed by atoms with Crippen molar-refractivity contribution in [3.8, 4) is 0 Å². The summed E-state index contributed by atoms with van der Waals surface area (Å²) in [5.41, 5.74) is 6.19. The van der Waals surface area contributed by atoms with E-state index in [4.69, 9.17) is 5.73 Å². The van der Waals surface area contributed by atoms with Gasteiger partial charge in [-0.15, -0.1) is 0 Å². The molecule has 2 aliphatic rings. The molecule has 1 saturated carbocycles. The maximum absolute atomic E-state index is 6.02. The zero-order valence-electron chi connectivity index (χ0n) is 8.55. The van der Waals surface area contributed by atoms with Crippen molar-refractivity contribution in [2.45, 2.75) is 37.3 Å². The number of hydrogen-bond acceptors (Lipinski definition) is 3. The molecule has 1 saturated heterocycles. The molecule has 2 fully saturated rings. The summed E-state index contributed by atoms with van der Waals surface area (Å²) in [5, 5.41) is 3.59. The van der Waals surface area contributed by atoms with Crippen LogP contribution in [-0.2, 0) is 0 Å². The van der Waals surface area contributed by atoms with E-state index in [1.165, 1.54) is 38.8 Å². The first-order valence-corrected chi connectivity index (χ1v) is 5.39. The third-order valence-electron chi connectivity index (χ3n) is 3.26. The van der Waals surface area contributed by atoms with Crippen LogP contribution in [0, 0.1) is 0 Å². The molecule has 0 aromatic heterocycles. The predicted molar refractivity (Wildman–Crippen MR) is 54.7 cm³/mol. The minimum absolute atomic E-state index is 0.163. The molecule has 13 heavy (non-hydrogen) atoms. The molecule has 1 aliphatic carbocycles. The van der Waals surface area contributed by atoms with Crippen LogP contribution >= 0.6 is 0 Å². The van der Waals surface area contributed by atoms with Gasteiger partial charge in [0.05, 0.1) is 0 Å². The molecule has 3 nitrogen and oxygen atoms in total. The monoisotopic (exact) mass is 183 g/mol. The highest BCUT2D eigenvalue weighted by Crippen LogP contribution is 2.31. The van der Waals surface area contributed by atoms with Gasteiger partial charge in [0.15, 0.2) is 0 Å². The van der Waals surface area contributed by atoms with Gasteiger partial charge in [0.25, 0.3) is 0 Å². The van der Waals surface area contributed by atoms with Crippen LogP contribution in [-0.4, -0.2) is 43.2 Å². The van der Waals surface area contributed by atoms with Crippen molar-refractivity contribution in [3.63, 3.8) is 0 Å². The van der Waals surface area contributed by atoms with Gasteiger partial charge >= 0.3 is 0 Å². The van der Waals surface area contributed by atoms with Gasteiger partial charge in [-0.05, 0) is 39.3 Å². The normalized spacial score (nSPS) is 33.2. The van der Waals surface area contributed by atoms with E-state index in [0.717, 1.165) is 6.54 Å². The lowest BCUT2D eigenvalue weighted by Gasteiger charge is -2.31. The quantitative estimate of drug-likeness (QED) is 0.655. The van der Waals surface area contributed by atoms with E-state index < -0.39 is 0 Å². The van der Waals surface area contributed by atoms with E-state index in [1.54, 1.807) is 0 Å². The number of rotatable bonds is 3. The number of hydrogen-bond donors (Lipinski definition) is 2. The third kappa shape index (κ3) is 2.66. The number of likely N-dealkylation sites (tertiary alicyclic amines) is 1. The standard InChI is InChI=1S/C10H21N3/c1-13-6-2-3-9(7-13)12-8-10(11)4-5-10/h9,12H,2-8,11H2,1H3. The van der Waals surface area contributed by atoms with Gasteiger partial charge in [-0.25, -0.2) is 0 Å². The highest BCUT2D eigenvalue weighted by atomic mass is 15.1. The molecular formula is C10H21N3. The number of likely N-dealkylation sites (N-methyl/N-ethyl adjacent to an activating group) is 1. The Morgan fingerprint density at radius 1 is 1.54 bits per heavy atom. The first kappa shape index (κ1) is 9.44. The molecule has 3 N–H and O–H groups in total. The molecule has 3 heteroatoms. The Labute approximate surface area is 80.7 Å². The number of nitrogens with zero attached hydrogens (tertiary/aromatic N) is 1. The molecule has 0 spiro atoms. The second-order valence-electron chi connectivity index (χ2n) is 4.84. The van der Waals surface area contributed by atoms with E-state index in [1.807, 2.05) is 0 Å². The first-order valence-electron chi connectivity index (χ1n) is 5.39. The van der Waals surface area contributed by atoms with Crippen LogP contribution in [0.3, 0.4) is 0 Å². The van der Waals surface area contributed by atoms with Gasteiger partial charge < -0.3 is 16.0 Å². The minimum atomic E-state index is 0.163. The second-order valence-corrected chi connectivity index (χ2v) is 4.84. The average Bonchev–Trinajstić information content (AvgIpc) is 2.82. The van der Waals surface area contributed by atoms with E-state index in [2.05, 4.69) is 17.3 Å². The van der Waals surface area contributed by atoms with E-state index in [-0.39, 0.29) is 5.54 Å². The van der Waals surface area contributed by atoms with Gasteiger partial charge in [0.1, 0.15) is 0 Å². The van der Waals surface area contributed by atoms with Crippen LogP contribution < -0.4 is 11.1 Å². The van der Waals surface area contributed by atoms with Gasteiger partial charge in [-0.2, -0.15) is 0 Å². The Morgan fingerprint density at radius 2 is 2.31 bits per heavy atom. The average molecular weight is 183 g/mol.